The molecule has 5 rings (SSSR count). The topological polar surface area (TPSA) is 75.9 Å². The molecule has 0 bridgehead atoms. The summed E-state index contributed by atoms with van der Waals surface area (Å²) in [5.41, 5.74) is 4.24. The van der Waals surface area contributed by atoms with Gasteiger partial charge in [0.2, 0.25) is 0 Å². The lowest BCUT2D eigenvalue weighted by atomic mass is 10.1. The first kappa shape index (κ1) is 16.2. The maximum absolute atomic E-state index is 12.5. The van der Waals surface area contributed by atoms with E-state index in [9.17, 15) is 4.79 Å². The van der Waals surface area contributed by atoms with Crippen molar-refractivity contribution in [2.75, 3.05) is 18.0 Å². The molecule has 1 aliphatic carbocycles. The first-order chi connectivity index (χ1) is 13.2. The number of benzene rings is 1. The van der Waals surface area contributed by atoms with E-state index >= 15 is 0 Å². The van der Waals surface area contributed by atoms with Gasteiger partial charge in [0.25, 0.3) is 5.91 Å². The fraction of sp³-hybridized carbons (Fsp3) is 0.400. The van der Waals surface area contributed by atoms with Crippen LogP contribution in [0.4, 0.5) is 5.82 Å². The fourth-order valence-electron chi connectivity index (χ4n) is 3.67. The van der Waals surface area contributed by atoms with E-state index in [1.165, 1.54) is 12.8 Å². The fourth-order valence-corrected chi connectivity index (χ4v) is 3.67. The van der Waals surface area contributed by atoms with Gasteiger partial charge in [0.15, 0.2) is 17.0 Å². The summed E-state index contributed by atoms with van der Waals surface area (Å²) >= 11 is 0. The van der Waals surface area contributed by atoms with Crippen molar-refractivity contribution in [2.45, 2.75) is 38.6 Å². The van der Waals surface area contributed by atoms with Crippen LogP contribution in [-0.2, 0) is 0 Å². The zero-order valence-electron chi connectivity index (χ0n) is 15.4. The summed E-state index contributed by atoms with van der Waals surface area (Å²) < 4.78 is 1.96. The van der Waals surface area contributed by atoms with Gasteiger partial charge in [-0.3, -0.25) is 9.36 Å². The summed E-state index contributed by atoms with van der Waals surface area (Å²) in [7, 11) is 0. The summed E-state index contributed by atoms with van der Waals surface area (Å²) in [4.78, 5) is 28.3. The number of aromatic nitrogens is 4. The third-order valence-electron chi connectivity index (χ3n) is 5.36. The molecule has 27 heavy (non-hydrogen) atoms. The number of fused-ring (bicyclic) bond motifs is 1. The molecule has 7 nitrogen and oxygen atoms in total. The number of hydrogen-bond donors (Lipinski definition) is 1. The van der Waals surface area contributed by atoms with Crippen LogP contribution in [0, 0.1) is 6.92 Å². The quantitative estimate of drug-likeness (QED) is 0.772. The molecule has 2 aliphatic rings. The van der Waals surface area contributed by atoms with Gasteiger partial charge in [-0.1, -0.05) is 6.07 Å². The predicted octanol–water partition coefficient (Wildman–Crippen LogP) is 2.62. The molecule has 1 aromatic carbocycles. The summed E-state index contributed by atoms with van der Waals surface area (Å²) in [6.45, 7) is 4.05. The van der Waals surface area contributed by atoms with Gasteiger partial charge in [0.1, 0.15) is 12.7 Å². The van der Waals surface area contributed by atoms with Crippen molar-refractivity contribution >= 4 is 22.9 Å². The Kier molecular flexibility index (Phi) is 3.81. The lowest BCUT2D eigenvalue weighted by molar-refractivity contribution is 0.0951. The van der Waals surface area contributed by atoms with Crippen LogP contribution in [0.3, 0.4) is 0 Å². The number of nitrogens with one attached hydrogen (secondary N) is 1. The zero-order valence-corrected chi connectivity index (χ0v) is 15.4. The average molecular weight is 362 g/mol. The third kappa shape index (κ3) is 2.93. The van der Waals surface area contributed by atoms with Crippen LogP contribution in [0.2, 0.25) is 0 Å². The molecule has 138 valence electrons. The Morgan fingerprint density at radius 2 is 1.96 bits per heavy atom. The Hall–Kier alpha value is -2.96. The molecule has 1 aliphatic heterocycles. The molecule has 1 saturated carbocycles. The van der Waals surface area contributed by atoms with Crippen LogP contribution in [0.25, 0.3) is 16.9 Å². The molecule has 0 spiro atoms. The summed E-state index contributed by atoms with van der Waals surface area (Å²) in [5, 5.41) is 3.05. The van der Waals surface area contributed by atoms with E-state index in [1.54, 1.807) is 12.7 Å². The highest BCUT2D eigenvalue weighted by Gasteiger charge is 2.24. The Bertz CT molecular complexity index is 1020. The number of carbonyl (C=O) groups is 1. The van der Waals surface area contributed by atoms with Crippen LogP contribution in [0.5, 0.6) is 0 Å². The van der Waals surface area contributed by atoms with Gasteiger partial charge in [0.05, 0.1) is 5.69 Å². The highest BCUT2D eigenvalue weighted by Crippen LogP contribution is 2.28. The smallest absolute Gasteiger partial charge is 0.251 e. The van der Waals surface area contributed by atoms with Gasteiger partial charge in [-0.15, -0.1) is 0 Å². The number of rotatable bonds is 4. The van der Waals surface area contributed by atoms with Crippen molar-refractivity contribution in [1.82, 2.24) is 24.8 Å². The van der Waals surface area contributed by atoms with Crippen LogP contribution in [-0.4, -0.2) is 44.6 Å². The number of amides is 1. The van der Waals surface area contributed by atoms with E-state index in [1.807, 2.05) is 29.7 Å². The Morgan fingerprint density at radius 3 is 2.74 bits per heavy atom. The molecular weight excluding hydrogens is 340 g/mol. The number of nitrogens with zero attached hydrogens (tertiary/aromatic N) is 5. The van der Waals surface area contributed by atoms with Crippen molar-refractivity contribution in [3.63, 3.8) is 0 Å². The van der Waals surface area contributed by atoms with E-state index in [-0.39, 0.29) is 5.91 Å². The molecule has 0 unspecified atom stereocenters. The molecule has 0 radical (unpaired) electrons. The maximum Gasteiger partial charge on any atom is 0.251 e. The highest BCUT2D eigenvalue weighted by atomic mass is 16.1. The number of carbonyl (C=O) groups excluding carboxylic acids is 1. The second-order valence-electron chi connectivity index (χ2n) is 7.43. The summed E-state index contributed by atoms with van der Waals surface area (Å²) in [6, 6.07) is 6.12. The Balaban J connectivity index is 1.57. The minimum atomic E-state index is -0.0180. The normalized spacial score (nSPS) is 16.9. The van der Waals surface area contributed by atoms with Gasteiger partial charge < -0.3 is 10.2 Å². The van der Waals surface area contributed by atoms with Crippen LogP contribution < -0.4 is 10.2 Å². The second kappa shape index (κ2) is 6.33. The van der Waals surface area contributed by atoms with Crippen molar-refractivity contribution in [3.8, 4) is 5.69 Å². The highest BCUT2D eigenvalue weighted by molar-refractivity contribution is 5.95. The lowest BCUT2D eigenvalue weighted by Crippen LogP contribution is -2.25. The molecule has 0 atom stereocenters. The molecule has 2 fully saturated rings. The first-order valence-electron chi connectivity index (χ1n) is 9.55. The van der Waals surface area contributed by atoms with Crippen molar-refractivity contribution < 1.29 is 4.79 Å². The maximum atomic E-state index is 12.5. The van der Waals surface area contributed by atoms with E-state index in [4.69, 9.17) is 0 Å². The lowest BCUT2D eigenvalue weighted by Gasteiger charge is -2.16. The number of imidazole rings is 1. The number of aryl methyl sites for hydroxylation is 1. The van der Waals surface area contributed by atoms with Crippen molar-refractivity contribution in [3.05, 3.63) is 42.0 Å². The molecule has 3 heterocycles. The average Bonchev–Trinajstić information content (AvgIpc) is 3.17. The number of hydrogen-bond acceptors (Lipinski definition) is 5. The van der Waals surface area contributed by atoms with Crippen molar-refractivity contribution in [1.29, 1.82) is 0 Å². The summed E-state index contributed by atoms with van der Waals surface area (Å²) in [6.07, 6.45) is 7.91. The first-order valence-corrected chi connectivity index (χ1v) is 9.55. The minimum Gasteiger partial charge on any atom is -0.355 e. The van der Waals surface area contributed by atoms with Crippen molar-refractivity contribution in [2.24, 2.45) is 0 Å². The van der Waals surface area contributed by atoms with E-state index in [0.717, 1.165) is 54.2 Å². The Morgan fingerprint density at radius 1 is 1.15 bits per heavy atom. The van der Waals surface area contributed by atoms with Gasteiger partial charge >= 0.3 is 0 Å². The van der Waals surface area contributed by atoms with E-state index in [2.05, 4.69) is 25.2 Å². The Labute approximate surface area is 157 Å². The van der Waals surface area contributed by atoms with E-state index < -0.39 is 0 Å². The van der Waals surface area contributed by atoms with Crippen LogP contribution >= 0.6 is 0 Å². The molecule has 1 saturated heterocycles. The zero-order chi connectivity index (χ0) is 18.4. The van der Waals surface area contributed by atoms with Gasteiger partial charge in [-0.05, 0) is 50.3 Å². The standard InChI is InChI=1S/C20H22N6O/c1-13-4-5-14(20(27)24-15-6-7-15)10-16(13)26-12-23-17-18(21-11-22-19(17)26)25-8-2-3-9-25/h4-5,10-12,15H,2-3,6-9H2,1H3,(H,24,27). The largest absolute Gasteiger partial charge is 0.355 e. The van der Waals surface area contributed by atoms with Crippen LogP contribution in [0.15, 0.2) is 30.9 Å². The monoisotopic (exact) mass is 362 g/mol. The minimum absolute atomic E-state index is 0.0180. The molecule has 3 aromatic rings. The van der Waals surface area contributed by atoms with E-state index in [0.29, 0.717) is 11.6 Å². The molecular formula is C20H22N6O. The van der Waals surface area contributed by atoms with Gasteiger partial charge in [-0.2, -0.15) is 0 Å². The predicted molar refractivity (Wildman–Crippen MR) is 103 cm³/mol. The third-order valence-corrected chi connectivity index (χ3v) is 5.36. The molecule has 7 heteroatoms. The van der Waals surface area contributed by atoms with Gasteiger partial charge in [0, 0.05) is 24.7 Å². The molecule has 1 amide bonds. The molecule has 1 N–H and O–H groups in total. The number of anilines is 1. The summed E-state index contributed by atoms with van der Waals surface area (Å²) in [5.74, 6) is 0.882. The van der Waals surface area contributed by atoms with Crippen LogP contribution in [0.1, 0.15) is 41.6 Å². The SMILES string of the molecule is Cc1ccc(C(=O)NC2CC2)cc1-n1cnc2c(N3CCCC3)ncnc21. The van der Waals surface area contributed by atoms with Gasteiger partial charge in [-0.25, -0.2) is 15.0 Å². The molecule has 2 aromatic heterocycles. The second-order valence-corrected chi connectivity index (χ2v) is 7.43.